The van der Waals surface area contributed by atoms with Crippen molar-refractivity contribution in [3.8, 4) is 5.75 Å². The molecule has 0 saturated carbocycles. The van der Waals surface area contributed by atoms with E-state index in [2.05, 4.69) is 0 Å². The summed E-state index contributed by atoms with van der Waals surface area (Å²) in [6.45, 7) is 3.77. The average molecular weight is 190 g/mol. The van der Waals surface area contributed by atoms with E-state index in [1.807, 2.05) is 32.0 Å². The van der Waals surface area contributed by atoms with Gasteiger partial charge >= 0.3 is 0 Å². The highest BCUT2D eigenvalue weighted by Gasteiger charge is 2.08. The first-order valence-corrected chi connectivity index (χ1v) is 4.50. The Morgan fingerprint density at radius 1 is 1.43 bits per heavy atom. The number of aryl methyl sites for hydroxylation is 1. The number of hydrogen-bond acceptors (Lipinski definition) is 2. The van der Waals surface area contributed by atoms with Crippen LogP contribution in [0.25, 0.3) is 0 Å². The standard InChI is InChI=1S/C12H14O2/c1-4-5-11(13)10-8-9(2)6-7-12(10)14-3/h4-8H,1-3H3/b5-4+. The number of rotatable bonds is 3. The summed E-state index contributed by atoms with van der Waals surface area (Å²) in [6, 6.07) is 5.57. The maximum Gasteiger partial charge on any atom is 0.189 e. The van der Waals surface area contributed by atoms with Gasteiger partial charge in [0.25, 0.3) is 0 Å². The smallest absolute Gasteiger partial charge is 0.189 e. The molecule has 0 aliphatic heterocycles. The lowest BCUT2D eigenvalue weighted by Gasteiger charge is -2.06. The van der Waals surface area contributed by atoms with Crippen molar-refractivity contribution in [2.75, 3.05) is 7.11 Å². The van der Waals surface area contributed by atoms with Crippen molar-refractivity contribution in [2.24, 2.45) is 0 Å². The summed E-state index contributed by atoms with van der Waals surface area (Å²) in [4.78, 5) is 11.6. The van der Waals surface area contributed by atoms with Gasteiger partial charge in [0.15, 0.2) is 5.78 Å². The largest absolute Gasteiger partial charge is 0.496 e. The molecule has 1 rings (SSSR count). The quantitative estimate of drug-likeness (QED) is 0.541. The van der Waals surface area contributed by atoms with Gasteiger partial charge in [0, 0.05) is 0 Å². The van der Waals surface area contributed by atoms with Crippen molar-refractivity contribution in [2.45, 2.75) is 13.8 Å². The topological polar surface area (TPSA) is 26.3 Å². The molecule has 0 heterocycles. The van der Waals surface area contributed by atoms with Crippen LogP contribution in [0.1, 0.15) is 22.8 Å². The van der Waals surface area contributed by atoms with Gasteiger partial charge in [-0.3, -0.25) is 4.79 Å². The second-order valence-corrected chi connectivity index (χ2v) is 3.07. The Balaban J connectivity index is 3.16. The van der Waals surface area contributed by atoms with Crippen LogP contribution in [-0.4, -0.2) is 12.9 Å². The molecule has 0 amide bonds. The number of allylic oxidation sites excluding steroid dienone is 2. The normalized spacial score (nSPS) is 10.5. The van der Waals surface area contributed by atoms with Gasteiger partial charge in [-0.25, -0.2) is 0 Å². The van der Waals surface area contributed by atoms with Gasteiger partial charge in [0.1, 0.15) is 5.75 Å². The van der Waals surface area contributed by atoms with E-state index in [0.29, 0.717) is 11.3 Å². The first kappa shape index (κ1) is 10.5. The Morgan fingerprint density at radius 3 is 2.71 bits per heavy atom. The zero-order chi connectivity index (χ0) is 10.6. The molecule has 0 radical (unpaired) electrons. The molecule has 14 heavy (non-hydrogen) atoms. The Kier molecular flexibility index (Phi) is 3.46. The zero-order valence-electron chi connectivity index (χ0n) is 8.70. The van der Waals surface area contributed by atoms with Gasteiger partial charge in [0.05, 0.1) is 12.7 Å². The summed E-state index contributed by atoms with van der Waals surface area (Å²) in [5.41, 5.74) is 1.67. The van der Waals surface area contributed by atoms with E-state index >= 15 is 0 Å². The number of ketones is 1. The Morgan fingerprint density at radius 2 is 2.14 bits per heavy atom. The predicted octanol–water partition coefficient (Wildman–Crippen LogP) is 2.76. The summed E-state index contributed by atoms with van der Waals surface area (Å²) >= 11 is 0. The molecule has 0 atom stereocenters. The SMILES string of the molecule is C/C=C/C(=O)c1cc(C)ccc1OC. The minimum atomic E-state index is -0.0203. The molecule has 1 aromatic carbocycles. The van der Waals surface area contributed by atoms with Crippen LogP contribution in [0.15, 0.2) is 30.4 Å². The number of carbonyl (C=O) groups is 1. The minimum absolute atomic E-state index is 0.0203. The van der Waals surface area contributed by atoms with Crippen molar-refractivity contribution < 1.29 is 9.53 Å². The van der Waals surface area contributed by atoms with Crippen LogP contribution in [0.5, 0.6) is 5.75 Å². The third kappa shape index (κ3) is 2.22. The second-order valence-electron chi connectivity index (χ2n) is 3.07. The maximum atomic E-state index is 11.6. The van der Waals surface area contributed by atoms with Crippen LogP contribution in [-0.2, 0) is 0 Å². The van der Waals surface area contributed by atoms with Crippen LogP contribution >= 0.6 is 0 Å². The number of hydrogen-bond donors (Lipinski definition) is 0. The molecule has 2 nitrogen and oxygen atoms in total. The number of benzene rings is 1. The van der Waals surface area contributed by atoms with Gasteiger partial charge in [-0.2, -0.15) is 0 Å². The molecule has 0 aromatic heterocycles. The lowest BCUT2D eigenvalue weighted by molar-refractivity contribution is 0.104. The first-order chi connectivity index (χ1) is 6.69. The molecule has 0 saturated heterocycles. The third-order valence-electron chi connectivity index (χ3n) is 1.94. The molecule has 0 bridgehead atoms. The third-order valence-corrected chi connectivity index (χ3v) is 1.94. The molecule has 74 valence electrons. The summed E-state index contributed by atoms with van der Waals surface area (Å²) in [5.74, 6) is 0.603. The molecular formula is C12H14O2. The molecule has 0 unspecified atom stereocenters. The van der Waals surface area contributed by atoms with Gasteiger partial charge in [-0.05, 0) is 32.1 Å². The van der Waals surface area contributed by atoms with Crippen LogP contribution < -0.4 is 4.74 Å². The molecular weight excluding hydrogens is 176 g/mol. The van der Waals surface area contributed by atoms with E-state index in [9.17, 15) is 4.79 Å². The van der Waals surface area contributed by atoms with E-state index < -0.39 is 0 Å². The Bertz CT molecular complexity index is 365. The second kappa shape index (κ2) is 4.61. The molecule has 2 heteroatoms. The summed E-state index contributed by atoms with van der Waals surface area (Å²) < 4.78 is 5.11. The van der Waals surface area contributed by atoms with Crippen LogP contribution in [0.3, 0.4) is 0 Å². The number of methoxy groups -OCH3 is 1. The van der Waals surface area contributed by atoms with Crippen molar-refractivity contribution in [3.63, 3.8) is 0 Å². The van der Waals surface area contributed by atoms with Crippen molar-refractivity contribution >= 4 is 5.78 Å². The molecule has 0 aliphatic carbocycles. The maximum absolute atomic E-state index is 11.6. The summed E-state index contributed by atoms with van der Waals surface area (Å²) in [6.07, 6.45) is 3.27. The van der Waals surface area contributed by atoms with Gasteiger partial charge in [-0.15, -0.1) is 0 Å². The van der Waals surface area contributed by atoms with Crippen LogP contribution in [0.2, 0.25) is 0 Å². The summed E-state index contributed by atoms with van der Waals surface area (Å²) in [7, 11) is 1.57. The average Bonchev–Trinajstić information content (AvgIpc) is 2.18. The number of ether oxygens (including phenoxy) is 1. The highest BCUT2D eigenvalue weighted by Crippen LogP contribution is 2.20. The minimum Gasteiger partial charge on any atom is -0.496 e. The Hall–Kier alpha value is -1.57. The Labute approximate surface area is 84.2 Å². The fraction of sp³-hybridized carbons (Fsp3) is 0.250. The van der Waals surface area contributed by atoms with Crippen molar-refractivity contribution in [1.82, 2.24) is 0 Å². The van der Waals surface area contributed by atoms with Crippen LogP contribution in [0, 0.1) is 6.92 Å². The summed E-state index contributed by atoms with van der Waals surface area (Å²) in [5, 5.41) is 0. The van der Waals surface area contributed by atoms with Crippen molar-refractivity contribution in [3.05, 3.63) is 41.5 Å². The first-order valence-electron chi connectivity index (χ1n) is 4.50. The monoisotopic (exact) mass is 190 g/mol. The van der Waals surface area contributed by atoms with E-state index in [0.717, 1.165) is 5.56 Å². The van der Waals surface area contributed by atoms with E-state index in [4.69, 9.17) is 4.74 Å². The molecule has 0 spiro atoms. The molecule has 0 N–H and O–H groups in total. The van der Waals surface area contributed by atoms with Crippen LogP contribution in [0.4, 0.5) is 0 Å². The van der Waals surface area contributed by atoms with Gasteiger partial charge in [0.2, 0.25) is 0 Å². The highest BCUT2D eigenvalue weighted by atomic mass is 16.5. The molecule has 0 aliphatic rings. The predicted molar refractivity (Wildman–Crippen MR) is 56.9 cm³/mol. The van der Waals surface area contributed by atoms with Gasteiger partial charge in [-0.1, -0.05) is 17.7 Å². The van der Waals surface area contributed by atoms with E-state index in [1.165, 1.54) is 6.08 Å². The fourth-order valence-corrected chi connectivity index (χ4v) is 1.26. The fourth-order valence-electron chi connectivity index (χ4n) is 1.26. The number of carbonyl (C=O) groups excluding carboxylic acids is 1. The van der Waals surface area contributed by atoms with E-state index in [1.54, 1.807) is 13.2 Å². The van der Waals surface area contributed by atoms with E-state index in [-0.39, 0.29) is 5.78 Å². The lowest BCUT2D eigenvalue weighted by Crippen LogP contribution is -1.99. The molecule has 0 fully saturated rings. The lowest BCUT2D eigenvalue weighted by atomic mass is 10.1. The van der Waals surface area contributed by atoms with Gasteiger partial charge < -0.3 is 4.74 Å². The zero-order valence-corrected chi connectivity index (χ0v) is 8.70. The van der Waals surface area contributed by atoms with Crippen molar-refractivity contribution in [1.29, 1.82) is 0 Å². The highest BCUT2D eigenvalue weighted by molar-refractivity contribution is 6.06. The molecule has 1 aromatic rings.